The average molecular weight is 439 g/mol. The summed E-state index contributed by atoms with van der Waals surface area (Å²) in [5, 5.41) is 9.31. The van der Waals surface area contributed by atoms with Gasteiger partial charge in [-0.2, -0.15) is 0 Å². The van der Waals surface area contributed by atoms with Gasteiger partial charge in [-0.25, -0.2) is 8.60 Å². The molecule has 1 N–H and O–H groups in total. The Morgan fingerprint density at radius 1 is 1.10 bits per heavy atom. The van der Waals surface area contributed by atoms with Crippen LogP contribution in [-0.4, -0.2) is 23.0 Å². The lowest BCUT2D eigenvalue weighted by Gasteiger charge is -2.16. The Hall–Kier alpha value is -2.60. The van der Waals surface area contributed by atoms with E-state index >= 15 is 0 Å². The number of aliphatic hydroxyl groups excluding tert-OH is 1. The molecule has 2 atom stereocenters. The molecule has 0 saturated carbocycles. The molecule has 0 radical (unpaired) electrons. The summed E-state index contributed by atoms with van der Waals surface area (Å²) in [4.78, 5) is 0.707. The maximum atomic E-state index is 13.5. The first-order chi connectivity index (χ1) is 14.9. The normalized spacial score (nSPS) is 15.7. The number of fused-ring (bicyclic) bond motifs is 2. The van der Waals surface area contributed by atoms with Gasteiger partial charge in [-0.05, 0) is 77.8 Å². The molecule has 1 unspecified atom stereocenters. The van der Waals surface area contributed by atoms with Crippen LogP contribution < -0.4 is 0 Å². The van der Waals surface area contributed by atoms with E-state index in [9.17, 15) is 13.7 Å². The second-order valence-electron chi connectivity index (χ2n) is 7.50. The number of benzene rings is 3. The fourth-order valence-electron chi connectivity index (χ4n) is 3.83. The number of aliphatic hydroxyl groups is 1. The van der Waals surface area contributed by atoms with Crippen molar-refractivity contribution in [3.8, 4) is 0 Å². The monoisotopic (exact) mass is 438 g/mol. The van der Waals surface area contributed by atoms with Crippen molar-refractivity contribution in [2.45, 2.75) is 30.6 Å². The Morgan fingerprint density at radius 3 is 2.48 bits per heavy atom. The zero-order chi connectivity index (χ0) is 22.4. The van der Waals surface area contributed by atoms with Crippen LogP contribution in [0.1, 0.15) is 40.2 Å². The van der Waals surface area contributed by atoms with Crippen LogP contribution in [0.2, 0.25) is 0 Å². The van der Waals surface area contributed by atoms with Gasteiger partial charge in [0.25, 0.3) is 0 Å². The second-order valence-corrected chi connectivity index (χ2v) is 8.77. The Balaban J connectivity index is 0.000000210. The highest BCUT2D eigenvalue weighted by molar-refractivity contribution is 7.80. The number of rotatable bonds is 4. The fourth-order valence-corrected chi connectivity index (χ4v) is 4.38. The van der Waals surface area contributed by atoms with E-state index in [1.54, 1.807) is 18.2 Å². The van der Waals surface area contributed by atoms with Crippen molar-refractivity contribution in [1.82, 2.24) is 0 Å². The summed E-state index contributed by atoms with van der Waals surface area (Å²) in [6.07, 6.45) is 1.42. The Kier molecular flexibility index (Phi) is 7.91. The quantitative estimate of drug-likeness (QED) is 0.579. The van der Waals surface area contributed by atoms with Gasteiger partial charge in [0, 0.05) is 6.61 Å². The highest BCUT2D eigenvalue weighted by atomic mass is 32.2. The molecular formula is C26H27FO3S. The Labute approximate surface area is 185 Å². The number of halogens is 1. The van der Waals surface area contributed by atoms with Gasteiger partial charge in [0.1, 0.15) is 5.82 Å². The van der Waals surface area contributed by atoms with Crippen LogP contribution >= 0.6 is 0 Å². The molecular weight excluding hydrogens is 411 g/mol. The van der Waals surface area contributed by atoms with Crippen LogP contribution in [-0.2, 0) is 21.7 Å². The minimum Gasteiger partial charge on any atom is -0.396 e. The maximum Gasteiger partial charge on any atom is 0.188 e. The minimum atomic E-state index is -1.30. The third-order valence-electron chi connectivity index (χ3n) is 5.43. The van der Waals surface area contributed by atoms with Gasteiger partial charge >= 0.3 is 0 Å². The fraction of sp³-hybridized carbons (Fsp3) is 0.231. The van der Waals surface area contributed by atoms with E-state index < -0.39 is 11.1 Å². The van der Waals surface area contributed by atoms with Crippen LogP contribution in [0.3, 0.4) is 0 Å². The standard InChI is InChI=1S/C18H17FO.C8H10O2S/c1-12-16-7-6-15(19)11-14(16)10-13(8-9-20)18-5-3-2-4-17(12)18;1-7-3-5-8(6-4-7)11(9)10-2/h2-7,11,13,20H,1,8-10H2;3-6H,1-2H3/t13-;/m0./s1. The third kappa shape index (κ3) is 5.56. The minimum absolute atomic E-state index is 0.135. The summed E-state index contributed by atoms with van der Waals surface area (Å²) in [7, 11) is 1.43. The lowest BCUT2D eigenvalue weighted by atomic mass is 9.89. The van der Waals surface area contributed by atoms with Crippen molar-refractivity contribution >= 4 is 16.7 Å². The topological polar surface area (TPSA) is 46.5 Å². The molecule has 1 aliphatic carbocycles. The van der Waals surface area contributed by atoms with E-state index in [1.165, 1.54) is 18.7 Å². The number of hydrogen-bond acceptors (Lipinski definition) is 3. The molecule has 162 valence electrons. The van der Waals surface area contributed by atoms with Gasteiger partial charge in [0.15, 0.2) is 11.1 Å². The van der Waals surface area contributed by atoms with Gasteiger partial charge in [-0.1, -0.05) is 54.6 Å². The van der Waals surface area contributed by atoms with Crippen LogP contribution in [0.25, 0.3) is 5.57 Å². The van der Waals surface area contributed by atoms with Crippen LogP contribution in [0.4, 0.5) is 4.39 Å². The van der Waals surface area contributed by atoms with E-state index in [-0.39, 0.29) is 18.3 Å². The highest BCUT2D eigenvalue weighted by Crippen LogP contribution is 2.39. The molecule has 3 nitrogen and oxygen atoms in total. The molecule has 1 aliphatic rings. The first kappa shape index (κ1) is 23.1. The molecule has 0 fully saturated rings. The van der Waals surface area contributed by atoms with E-state index in [1.807, 2.05) is 37.3 Å². The molecule has 0 saturated heterocycles. The number of hydrogen-bond donors (Lipinski definition) is 1. The molecule has 31 heavy (non-hydrogen) atoms. The molecule has 0 heterocycles. The molecule has 0 spiro atoms. The van der Waals surface area contributed by atoms with Crippen molar-refractivity contribution < 1.29 is 17.9 Å². The van der Waals surface area contributed by atoms with Crippen molar-refractivity contribution in [3.63, 3.8) is 0 Å². The zero-order valence-electron chi connectivity index (χ0n) is 17.8. The van der Waals surface area contributed by atoms with E-state index in [2.05, 4.69) is 22.9 Å². The summed E-state index contributed by atoms with van der Waals surface area (Å²) in [6, 6.07) is 20.5. The molecule has 3 aromatic carbocycles. The largest absolute Gasteiger partial charge is 0.396 e. The zero-order valence-corrected chi connectivity index (χ0v) is 18.6. The number of aryl methyl sites for hydroxylation is 1. The van der Waals surface area contributed by atoms with Gasteiger partial charge in [-0.3, -0.25) is 4.18 Å². The summed E-state index contributed by atoms with van der Waals surface area (Å²) >= 11 is -1.30. The smallest absolute Gasteiger partial charge is 0.188 e. The van der Waals surface area contributed by atoms with Crippen LogP contribution in [0, 0.1) is 12.7 Å². The van der Waals surface area contributed by atoms with Gasteiger partial charge < -0.3 is 5.11 Å². The van der Waals surface area contributed by atoms with Gasteiger partial charge in [0.2, 0.25) is 0 Å². The van der Waals surface area contributed by atoms with Gasteiger partial charge in [-0.15, -0.1) is 0 Å². The Bertz CT molecular complexity index is 1080. The molecule has 5 heteroatoms. The predicted molar refractivity (Wildman–Crippen MR) is 124 cm³/mol. The summed E-state index contributed by atoms with van der Waals surface area (Å²) in [5.74, 6) is -0.0127. The van der Waals surface area contributed by atoms with Crippen LogP contribution in [0.15, 0.2) is 78.2 Å². The Morgan fingerprint density at radius 2 is 1.81 bits per heavy atom. The molecule has 4 rings (SSSR count). The predicted octanol–water partition coefficient (Wildman–Crippen LogP) is 5.57. The summed E-state index contributed by atoms with van der Waals surface area (Å²) in [6.45, 7) is 6.32. The van der Waals surface area contributed by atoms with Crippen molar-refractivity contribution in [3.05, 3.63) is 107 Å². The van der Waals surface area contributed by atoms with E-state index in [4.69, 9.17) is 0 Å². The second kappa shape index (κ2) is 10.6. The van der Waals surface area contributed by atoms with Crippen molar-refractivity contribution in [2.24, 2.45) is 0 Å². The van der Waals surface area contributed by atoms with Crippen LogP contribution in [0.5, 0.6) is 0 Å². The maximum absolute atomic E-state index is 13.5. The molecule has 0 bridgehead atoms. The van der Waals surface area contributed by atoms with Gasteiger partial charge in [0.05, 0.1) is 12.0 Å². The first-order valence-electron chi connectivity index (χ1n) is 10.1. The average Bonchev–Trinajstić information content (AvgIpc) is 2.89. The molecule has 0 aromatic heterocycles. The highest BCUT2D eigenvalue weighted by Gasteiger charge is 2.23. The lowest BCUT2D eigenvalue weighted by molar-refractivity contribution is 0.275. The third-order valence-corrected chi connectivity index (χ3v) is 6.39. The van der Waals surface area contributed by atoms with E-state index in [0.29, 0.717) is 11.3 Å². The summed E-state index contributed by atoms with van der Waals surface area (Å²) in [5.41, 5.74) is 6.39. The molecule has 0 amide bonds. The van der Waals surface area contributed by atoms with Crippen molar-refractivity contribution in [1.29, 1.82) is 0 Å². The molecule has 3 aromatic rings. The summed E-state index contributed by atoms with van der Waals surface area (Å²) < 4.78 is 29.2. The first-order valence-corrected chi connectivity index (χ1v) is 11.2. The lowest BCUT2D eigenvalue weighted by Crippen LogP contribution is -2.05. The van der Waals surface area contributed by atoms with E-state index in [0.717, 1.165) is 34.2 Å². The SMILES string of the molecule is C=C1c2ccc(F)cc2C[C@H](CCO)c2ccccc21.COS(=O)c1ccc(C)cc1. The van der Waals surface area contributed by atoms with Crippen molar-refractivity contribution in [2.75, 3.05) is 13.7 Å². The molecule has 0 aliphatic heterocycles.